The molecule has 0 saturated carbocycles. The Hall–Kier alpha value is -1.39. The molecule has 1 aliphatic rings. The van der Waals surface area contributed by atoms with Gasteiger partial charge in [0.25, 0.3) is 0 Å². The topological polar surface area (TPSA) is 69.0 Å². The Kier molecular flexibility index (Phi) is 2.94. The van der Waals surface area contributed by atoms with E-state index in [0.29, 0.717) is 11.7 Å². The third kappa shape index (κ3) is 1.81. The summed E-state index contributed by atoms with van der Waals surface area (Å²) < 4.78 is 2.10. The maximum absolute atomic E-state index is 6.01. The van der Waals surface area contributed by atoms with Crippen molar-refractivity contribution >= 4 is 29.4 Å². The largest absolute Gasteiger partial charge is 0.397 e. The first-order chi connectivity index (χ1) is 7.63. The van der Waals surface area contributed by atoms with Crippen LogP contribution in [0.3, 0.4) is 0 Å². The number of nitrogen functional groups attached to an aromatic ring is 1. The lowest BCUT2D eigenvalue weighted by Gasteiger charge is -2.30. The van der Waals surface area contributed by atoms with E-state index < -0.39 is 0 Å². The molecule has 0 bridgehead atoms. The first-order valence-electron chi connectivity index (χ1n) is 5.09. The molecule has 0 aliphatic carbocycles. The Morgan fingerprint density at radius 3 is 2.75 bits per heavy atom. The SMILES string of the molecule is C=Cc1cn(C2CNC2)c(/C=C(\N)Cl)c1N. The van der Waals surface area contributed by atoms with Gasteiger partial charge in [0, 0.05) is 24.8 Å². The Bertz CT molecular complexity index is 439. The van der Waals surface area contributed by atoms with E-state index in [1.807, 2.05) is 6.20 Å². The zero-order valence-electron chi connectivity index (χ0n) is 8.91. The summed E-state index contributed by atoms with van der Waals surface area (Å²) in [4.78, 5) is 0. The van der Waals surface area contributed by atoms with Gasteiger partial charge in [0.2, 0.25) is 0 Å². The van der Waals surface area contributed by atoms with Gasteiger partial charge in [0.15, 0.2) is 0 Å². The van der Waals surface area contributed by atoms with Crippen LogP contribution >= 0.6 is 11.6 Å². The molecule has 16 heavy (non-hydrogen) atoms. The van der Waals surface area contributed by atoms with Crippen LogP contribution in [0.4, 0.5) is 5.69 Å². The van der Waals surface area contributed by atoms with E-state index in [9.17, 15) is 0 Å². The average molecular weight is 239 g/mol. The van der Waals surface area contributed by atoms with E-state index in [-0.39, 0.29) is 5.16 Å². The molecule has 1 aliphatic heterocycles. The second-order valence-corrected chi connectivity index (χ2v) is 4.27. The van der Waals surface area contributed by atoms with Crippen molar-refractivity contribution in [3.63, 3.8) is 0 Å². The van der Waals surface area contributed by atoms with Gasteiger partial charge in [-0.1, -0.05) is 24.3 Å². The average Bonchev–Trinajstić information content (AvgIpc) is 2.43. The molecule has 0 radical (unpaired) electrons. The minimum Gasteiger partial charge on any atom is -0.397 e. The summed E-state index contributed by atoms with van der Waals surface area (Å²) >= 11 is 5.70. The van der Waals surface area contributed by atoms with E-state index in [0.717, 1.165) is 24.3 Å². The molecule has 0 aromatic carbocycles. The standard InChI is InChI=1S/C11H15ClN4/c1-2-7-6-16(8-4-15-5-8)9(11(7)14)3-10(12)13/h2-3,6,8,15H,1,4-5,13-14H2/b10-3-. The predicted molar refractivity (Wildman–Crippen MR) is 68.9 cm³/mol. The van der Waals surface area contributed by atoms with Gasteiger partial charge in [0.05, 0.1) is 17.4 Å². The highest BCUT2D eigenvalue weighted by Gasteiger charge is 2.22. The van der Waals surface area contributed by atoms with Crippen molar-refractivity contribution in [3.05, 3.63) is 29.2 Å². The maximum atomic E-state index is 6.01. The van der Waals surface area contributed by atoms with Crippen LogP contribution in [0.15, 0.2) is 17.9 Å². The van der Waals surface area contributed by atoms with Crippen LogP contribution in [-0.4, -0.2) is 17.7 Å². The number of hydrogen-bond acceptors (Lipinski definition) is 3. The predicted octanol–water partition coefficient (Wildman–Crippen LogP) is 1.35. The van der Waals surface area contributed by atoms with Crippen molar-refractivity contribution < 1.29 is 0 Å². The summed E-state index contributed by atoms with van der Waals surface area (Å²) in [5, 5.41) is 3.45. The van der Waals surface area contributed by atoms with Gasteiger partial charge >= 0.3 is 0 Å². The molecule has 1 saturated heterocycles. The highest BCUT2D eigenvalue weighted by atomic mass is 35.5. The van der Waals surface area contributed by atoms with E-state index in [2.05, 4.69) is 16.5 Å². The summed E-state index contributed by atoms with van der Waals surface area (Å²) in [5.41, 5.74) is 13.9. The summed E-state index contributed by atoms with van der Waals surface area (Å²) in [6.45, 7) is 5.61. The number of hydrogen-bond donors (Lipinski definition) is 3. The zero-order chi connectivity index (χ0) is 11.7. The Morgan fingerprint density at radius 1 is 1.62 bits per heavy atom. The molecule has 86 valence electrons. The number of anilines is 1. The van der Waals surface area contributed by atoms with Crippen LogP contribution in [0, 0.1) is 0 Å². The van der Waals surface area contributed by atoms with Gasteiger partial charge < -0.3 is 21.4 Å². The number of aromatic nitrogens is 1. The van der Waals surface area contributed by atoms with E-state index in [1.165, 1.54) is 0 Å². The van der Waals surface area contributed by atoms with E-state index in [4.69, 9.17) is 23.1 Å². The molecular formula is C11H15ClN4. The zero-order valence-corrected chi connectivity index (χ0v) is 9.67. The lowest BCUT2D eigenvalue weighted by molar-refractivity contribution is 0.343. The Labute approximate surface area is 99.6 Å². The molecule has 5 N–H and O–H groups in total. The molecule has 0 unspecified atom stereocenters. The molecule has 4 nitrogen and oxygen atoms in total. The van der Waals surface area contributed by atoms with Crippen LogP contribution < -0.4 is 16.8 Å². The molecule has 0 atom stereocenters. The van der Waals surface area contributed by atoms with Gasteiger partial charge in [-0.15, -0.1) is 0 Å². The van der Waals surface area contributed by atoms with E-state index in [1.54, 1.807) is 12.2 Å². The second kappa shape index (κ2) is 4.23. The van der Waals surface area contributed by atoms with E-state index >= 15 is 0 Å². The summed E-state index contributed by atoms with van der Waals surface area (Å²) in [7, 11) is 0. The molecule has 1 aromatic rings. The quantitative estimate of drug-likeness (QED) is 0.697. The number of nitrogens with one attached hydrogen (secondary N) is 1. The molecular weight excluding hydrogens is 224 g/mol. The first kappa shape index (κ1) is 11.1. The number of rotatable bonds is 3. The minimum atomic E-state index is 0.231. The van der Waals surface area contributed by atoms with Crippen molar-refractivity contribution in [2.24, 2.45) is 5.73 Å². The van der Waals surface area contributed by atoms with Gasteiger partial charge in [-0.05, 0) is 6.08 Å². The molecule has 2 heterocycles. The highest BCUT2D eigenvalue weighted by molar-refractivity contribution is 6.31. The highest BCUT2D eigenvalue weighted by Crippen LogP contribution is 2.28. The van der Waals surface area contributed by atoms with Crippen molar-refractivity contribution in [1.82, 2.24) is 9.88 Å². The van der Waals surface area contributed by atoms with Crippen LogP contribution in [0.5, 0.6) is 0 Å². The summed E-state index contributed by atoms with van der Waals surface area (Å²) in [6, 6.07) is 0.415. The molecule has 5 heteroatoms. The van der Waals surface area contributed by atoms with Crippen LogP contribution in [-0.2, 0) is 0 Å². The second-order valence-electron chi connectivity index (χ2n) is 3.84. The van der Waals surface area contributed by atoms with Crippen LogP contribution in [0.2, 0.25) is 0 Å². The third-order valence-electron chi connectivity index (χ3n) is 2.79. The summed E-state index contributed by atoms with van der Waals surface area (Å²) in [6.07, 6.45) is 5.40. The fourth-order valence-corrected chi connectivity index (χ4v) is 1.90. The van der Waals surface area contributed by atoms with Crippen LogP contribution in [0.1, 0.15) is 17.3 Å². The van der Waals surface area contributed by atoms with Crippen molar-refractivity contribution in [2.45, 2.75) is 6.04 Å². The lowest BCUT2D eigenvalue weighted by atomic mass is 10.1. The third-order valence-corrected chi connectivity index (χ3v) is 2.90. The molecule has 1 fully saturated rings. The number of nitrogens with two attached hydrogens (primary N) is 2. The number of nitrogens with zero attached hydrogens (tertiary/aromatic N) is 1. The Morgan fingerprint density at radius 2 is 2.31 bits per heavy atom. The smallest absolute Gasteiger partial charge is 0.101 e. The fraction of sp³-hybridized carbons (Fsp3) is 0.273. The monoisotopic (exact) mass is 238 g/mol. The molecule has 2 rings (SSSR count). The molecule has 1 aromatic heterocycles. The summed E-state index contributed by atoms with van der Waals surface area (Å²) in [5.74, 6) is 0. The lowest BCUT2D eigenvalue weighted by Crippen LogP contribution is -2.43. The molecule has 0 amide bonds. The molecule has 0 spiro atoms. The van der Waals surface area contributed by atoms with Crippen molar-refractivity contribution in [3.8, 4) is 0 Å². The maximum Gasteiger partial charge on any atom is 0.101 e. The normalized spacial score (nSPS) is 17.2. The van der Waals surface area contributed by atoms with Gasteiger partial charge in [-0.2, -0.15) is 0 Å². The number of halogens is 1. The van der Waals surface area contributed by atoms with Crippen molar-refractivity contribution in [1.29, 1.82) is 0 Å². The fourth-order valence-electron chi connectivity index (χ4n) is 1.79. The van der Waals surface area contributed by atoms with Gasteiger partial charge in [-0.25, -0.2) is 0 Å². The minimum absolute atomic E-state index is 0.231. The van der Waals surface area contributed by atoms with Crippen molar-refractivity contribution in [2.75, 3.05) is 18.8 Å². The van der Waals surface area contributed by atoms with Crippen LogP contribution in [0.25, 0.3) is 12.2 Å². The van der Waals surface area contributed by atoms with Gasteiger partial charge in [0.1, 0.15) is 5.16 Å². The van der Waals surface area contributed by atoms with Gasteiger partial charge in [-0.3, -0.25) is 0 Å². The Balaban J connectivity index is 2.48. The first-order valence-corrected chi connectivity index (χ1v) is 5.47.